The molecule has 1 aliphatic carbocycles. The number of benzene rings is 1. The van der Waals surface area contributed by atoms with E-state index >= 15 is 0 Å². The number of hydrogen-bond donors (Lipinski definition) is 2. The molecule has 2 N–H and O–H groups in total. The number of rotatable bonds is 8. The van der Waals surface area contributed by atoms with Crippen LogP contribution in [0.2, 0.25) is 0 Å². The molecule has 0 atom stereocenters. The Hall–Kier alpha value is -3.26. The van der Waals surface area contributed by atoms with Crippen LogP contribution in [0, 0.1) is 5.92 Å². The maximum atomic E-state index is 12.7. The van der Waals surface area contributed by atoms with Crippen LogP contribution in [-0.4, -0.2) is 63.5 Å². The van der Waals surface area contributed by atoms with Gasteiger partial charge in [0.15, 0.2) is 0 Å². The summed E-state index contributed by atoms with van der Waals surface area (Å²) in [5.41, 5.74) is 4.33. The number of anilines is 1. The van der Waals surface area contributed by atoms with Crippen molar-refractivity contribution in [2.75, 3.05) is 31.6 Å². The van der Waals surface area contributed by atoms with Gasteiger partial charge in [-0.15, -0.1) is 0 Å². The number of H-pyrrole nitrogens is 1. The van der Waals surface area contributed by atoms with Crippen LogP contribution >= 0.6 is 0 Å². The van der Waals surface area contributed by atoms with Gasteiger partial charge in [0, 0.05) is 37.7 Å². The third-order valence-electron chi connectivity index (χ3n) is 5.98. The number of nitrogens with one attached hydrogen (secondary N) is 2. The van der Waals surface area contributed by atoms with Crippen molar-refractivity contribution in [3.8, 4) is 0 Å². The first-order valence-electron chi connectivity index (χ1n) is 10.8. The van der Waals surface area contributed by atoms with E-state index in [-0.39, 0.29) is 5.91 Å². The molecule has 8 nitrogen and oxygen atoms in total. The summed E-state index contributed by atoms with van der Waals surface area (Å²) < 4.78 is 5.71. The molecule has 160 valence electrons. The molecule has 3 aromatic rings. The molecule has 3 heterocycles. The number of amides is 1. The van der Waals surface area contributed by atoms with Crippen LogP contribution in [0.25, 0.3) is 0 Å². The minimum Gasteiger partial charge on any atom is -0.381 e. The van der Waals surface area contributed by atoms with Crippen LogP contribution in [0.15, 0.2) is 48.8 Å². The quantitative estimate of drug-likeness (QED) is 0.544. The maximum absolute atomic E-state index is 12.7. The lowest BCUT2D eigenvalue weighted by Crippen LogP contribution is -2.51. The SMILES string of the molecule is O=C(c1ccc(NC2Cc3ccccc3C2)nc1)N1CC(COCCc2cn[nH]n2)C1. The Morgan fingerprint density at radius 2 is 1.94 bits per heavy atom. The minimum atomic E-state index is 0.0335. The normalized spacial score (nSPS) is 16.2. The van der Waals surface area contributed by atoms with Gasteiger partial charge in [0.1, 0.15) is 5.82 Å². The Bertz CT molecular complexity index is 990. The number of carbonyl (C=O) groups is 1. The molecule has 5 rings (SSSR count). The number of nitrogens with zero attached hydrogens (tertiary/aromatic N) is 4. The minimum absolute atomic E-state index is 0.0335. The molecule has 0 saturated carbocycles. The summed E-state index contributed by atoms with van der Waals surface area (Å²) in [4.78, 5) is 19.0. The summed E-state index contributed by atoms with van der Waals surface area (Å²) in [6.07, 6.45) is 6.14. The average Bonchev–Trinajstić information content (AvgIpc) is 3.41. The number of pyridine rings is 1. The van der Waals surface area contributed by atoms with Crippen molar-refractivity contribution in [1.29, 1.82) is 0 Å². The highest BCUT2D eigenvalue weighted by atomic mass is 16.5. The van der Waals surface area contributed by atoms with Crippen LogP contribution in [0.5, 0.6) is 0 Å². The predicted octanol–water partition coefficient (Wildman–Crippen LogP) is 2.11. The first-order valence-corrected chi connectivity index (χ1v) is 10.8. The van der Waals surface area contributed by atoms with Gasteiger partial charge in [0.2, 0.25) is 0 Å². The first-order chi connectivity index (χ1) is 15.2. The summed E-state index contributed by atoms with van der Waals surface area (Å²) >= 11 is 0. The fourth-order valence-corrected chi connectivity index (χ4v) is 4.27. The van der Waals surface area contributed by atoms with E-state index in [9.17, 15) is 4.79 Å². The van der Waals surface area contributed by atoms with Crippen molar-refractivity contribution in [3.05, 3.63) is 71.2 Å². The fraction of sp³-hybridized carbons (Fsp3) is 0.391. The molecule has 1 saturated heterocycles. The maximum Gasteiger partial charge on any atom is 0.255 e. The van der Waals surface area contributed by atoms with Crippen LogP contribution in [0.4, 0.5) is 5.82 Å². The number of aromatic amines is 1. The van der Waals surface area contributed by atoms with Gasteiger partial charge >= 0.3 is 0 Å². The van der Waals surface area contributed by atoms with Crippen LogP contribution < -0.4 is 5.32 Å². The summed E-state index contributed by atoms with van der Waals surface area (Å²) in [6, 6.07) is 12.7. The molecule has 2 aromatic heterocycles. The lowest BCUT2D eigenvalue weighted by atomic mass is 10.00. The second-order valence-electron chi connectivity index (χ2n) is 8.31. The standard InChI is InChI=1S/C23H26N6O2/c30-23(29-13-16(14-29)15-31-8-7-20-12-25-28-27-20)19-5-6-22(24-11-19)26-21-9-17-3-1-2-4-18(17)10-21/h1-6,11-12,16,21H,7-10,13-15H2,(H,24,26)(H,25,27,28). The van der Waals surface area contributed by atoms with E-state index in [4.69, 9.17) is 4.74 Å². The van der Waals surface area contributed by atoms with Gasteiger partial charge in [0.05, 0.1) is 30.7 Å². The van der Waals surface area contributed by atoms with Gasteiger partial charge in [-0.1, -0.05) is 24.3 Å². The van der Waals surface area contributed by atoms with Gasteiger partial charge in [-0.3, -0.25) is 4.79 Å². The number of fused-ring (bicyclic) bond motifs is 1. The topological polar surface area (TPSA) is 96.0 Å². The molecule has 0 bridgehead atoms. The molecular weight excluding hydrogens is 392 g/mol. The highest BCUT2D eigenvalue weighted by Crippen LogP contribution is 2.24. The van der Waals surface area contributed by atoms with E-state index in [0.29, 0.717) is 30.7 Å². The summed E-state index contributed by atoms with van der Waals surface area (Å²) in [5, 5.41) is 13.9. The fourth-order valence-electron chi connectivity index (χ4n) is 4.27. The van der Waals surface area contributed by atoms with Gasteiger partial charge < -0.3 is 15.0 Å². The Balaban J connectivity index is 1.04. The number of ether oxygens (including phenoxy) is 1. The average molecular weight is 419 g/mol. The van der Waals surface area contributed by atoms with Crippen LogP contribution in [-0.2, 0) is 24.0 Å². The molecule has 31 heavy (non-hydrogen) atoms. The van der Waals surface area contributed by atoms with E-state index in [1.807, 2.05) is 17.0 Å². The van der Waals surface area contributed by atoms with Crippen LogP contribution in [0.1, 0.15) is 27.2 Å². The van der Waals surface area contributed by atoms with E-state index in [1.165, 1.54) is 11.1 Å². The largest absolute Gasteiger partial charge is 0.381 e. The monoisotopic (exact) mass is 418 g/mol. The number of hydrogen-bond acceptors (Lipinski definition) is 6. The molecule has 0 radical (unpaired) electrons. The Labute approximate surface area is 181 Å². The number of aromatic nitrogens is 4. The molecule has 8 heteroatoms. The van der Waals surface area contributed by atoms with Gasteiger partial charge in [0.25, 0.3) is 5.91 Å². The molecule has 1 fully saturated rings. The Kier molecular flexibility index (Phi) is 5.62. The van der Waals surface area contributed by atoms with E-state index in [1.54, 1.807) is 12.4 Å². The van der Waals surface area contributed by atoms with Crippen molar-refractivity contribution in [1.82, 2.24) is 25.3 Å². The number of likely N-dealkylation sites (tertiary alicyclic amines) is 1. The zero-order chi connectivity index (χ0) is 21.0. The third-order valence-corrected chi connectivity index (χ3v) is 5.98. The highest BCUT2D eigenvalue weighted by molar-refractivity contribution is 5.94. The Morgan fingerprint density at radius 1 is 1.13 bits per heavy atom. The highest BCUT2D eigenvalue weighted by Gasteiger charge is 2.31. The van der Waals surface area contributed by atoms with Crippen molar-refractivity contribution in [2.45, 2.75) is 25.3 Å². The summed E-state index contributed by atoms with van der Waals surface area (Å²) in [7, 11) is 0. The second kappa shape index (κ2) is 8.85. The molecule has 0 spiro atoms. The smallest absolute Gasteiger partial charge is 0.255 e. The number of carbonyl (C=O) groups excluding carboxylic acids is 1. The molecule has 1 amide bonds. The second-order valence-corrected chi connectivity index (χ2v) is 8.31. The molecule has 2 aliphatic rings. The van der Waals surface area contributed by atoms with Crippen LogP contribution in [0.3, 0.4) is 0 Å². The molecule has 1 aromatic carbocycles. The van der Waals surface area contributed by atoms with E-state index in [2.05, 4.69) is 50.0 Å². The van der Waals surface area contributed by atoms with E-state index < -0.39 is 0 Å². The summed E-state index contributed by atoms with van der Waals surface area (Å²) in [5.74, 6) is 1.24. The molecule has 1 aliphatic heterocycles. The molecular formula is C23H26N6O2. The zero-order valence-corrected chi connectivity index (χ0v) is 17.3. The predicted molar refractivity (Wildman–Crippen MR) is 116 cm³/mol. The van der Waals surface area contributed by atoms with Gasteiger partial charge in [-0.2, -0.15) is 15.4 Å². The zero-order valence-electron chi connectivity index (χ0n) is 17.3. The Morgan fingerprint density at radius 3 is 2.61 bits per heavy atom. The van der Waals surface area contributed by atoms with E-state index in [0.717, 1.165) is 43.9 Å². The lowest BCUT2D eigenvalue weighted by Gasteiger charge is -2.39. The molecule has 0 unspecified atom stereocenters. The van der Waals surface area contributed by atoms with Crippen molar-refractivity contribution >= 4 is 11.7 Å². The van der Waals surface area contributed by atoms with Crippen molar-refractivity contribution in [3.63, 3.8) is 0 Å². The summed E-state index contributed by atoms with van der Waals surface area (Å²) in [6.45, 7) is 2.72. The van der Waals surface area contributed by atoms with Crippen molar-refractivity contribution in [2.24, 2.45) is 5.92 Å². The first kappa shape index (κ1) is 19.7. The van der Waals surface area contributed by atoms with Gasteiger partial charge in [-0.05, 0) is 36.1 Å². The van der Waals surface area contributed by atoms with Gasteiger partial charge in [-0.25, -0.2) is 4.98 Å². The lowest BCUT2D eigenvalue weighted by molar-refractivity contribution is 0.0154. The third kappa shape index (κ3) is 4.59. The van der Waals surface area contributed by atoms with Crippen molar-refractivity contribution < 1.29 is 9.53 Å².